The maximum absolute atomic E-state index is 12.1. The predicted molar refractivity (Wildman–Crippen MR) is 65.3 cm³/mol. The molecule has 2 nitrogen and oxygen atoms in total. The van der Waals surface area contributed by atoms with E-state index in [0.717, 1.165) is 10.5 Å². The lowest BCUT2D eigenvalue weighted by atomic mass is 10.2. The van der Waals surface area contributed by atoms with E-state index in [1.165, 1.54) is 11.8 Å². The van der Waals surface area contributed by atoms with Crippen LogP contribution in [0.15, 0.2) is 28.0 Å². The zero-order valence-corrected chi connectivity index (χ0v) is 11.1. The average Bonchev–Trinajstić information content (AvgIpc) is 2.17. The minimum absolute atomic E-state index is 0.370. The van der Waals surface area contributed by atoms with Gasteiger partial charge in [0.15, 0.2) is 9.84 Å². The molecule has 0 atom stereocenters. The predicted octanol–water partition coefficient (Wildman–Crippen LogP) is 2.90. The molecule has 0 fully saturated rings. The van der Waals surface area contributed by atoms with E-state index < -0.39 is 9.84 Å². The van der Waals surface area contributed by atoms with E-state index in [1.807, 2.05) is 25.3 Å². The van der Waals surface area contributed by atoms with Gasteiger partial charge in [0.05, 0.1) is 10.1 Å². The minimum atomic E-state index is -3.16. The first-order valence-corrected chi connectivity index (χ1v) is 7.55. The van der Waals surface area contributed by atoms with Crippen LogP contribution < -0.4 is 0 Å². The molecule has 0 bridgehead atoms. The second-order valence-electron chi connectivity index (χ2n) is 3.75. The van der Waals surface area contributed by atoms with E-state index in [2.05, 4.69) is 0 Å². The highest BCUT2D eigenvalue weighted by Gasteiger charge is 2.22. The van der Waals surface area contributed by atoms with E-state index in [0.29, 0.717) is 4.90 Å². The van der Waals surface area contributed by atoms with Gasteiger partial charge in [0.2, 0.25) is 0 Å². The molecule has 0 radical (unpaired) electrons. The van der Waals surface area contributed by atoms with Gasteiger partial charge in [0, 0.05) is 4.90 Å². The first-order valence-electron chi connectivity index (χ1n) is 4.78. The van der Waals surface area contributed by atoms with Crippen LogP contribution in [-0.2, 0) is 9.84 Å². The first kappa shape index (κ1) is 12.6. The highest BCUT2D eigenvalue weighted by atomic mass is 32.2. The topological polar surface area (TPSA) is 34.1 Å². The maximum Gasteiger partial charge on any atom is 0.181 e. The minimum Gasteiger partial charge on any atom is -0.223 e. The molecule has 0 heterocycles. The molecule has 1 aromatic rings. The highest BCUT2D eigenvalue weighted by molar-refractivity contribution is 7.99. The summed E-state index contributed by atoms with van der Waals surface area (Å²) < 4.78 is 24.1. The normalized spacial score (nSPS) is 12.1. The van der Waals surface area contributed by atoms with Gasteiger partial charge in [-0.05, 0) is 44.7 Å². The Morgan fingerprint density at radius 2 is 1.87 bits per heavy atom. The summed E-state index contributed by atoms with van der Waals surface area (Å²) in [5, 5.41) is -0.370. The summed E-state index contributed by atoms with van der Waals surface area (Å²) in [6, 6.07) is 5.56. The van der Waals surface area contributed by atoms with Crippen LogP contribution in [0.5, 0.6) is 0 Å². The summed E-state index contributed by atoms with van der Waals surface area (Å²) in [5.41, 5.74) is 0.979. The monoisotopic (exact) mass is 244 g/mol. The standard InChI is InChI=1S/C11H16O2S2/c1-8(2)15(12,13)11-7-9(3)5-6-10(11)14-4/h5-8H,1-4H3. The van der Waals surface area contributed by atoms with E-state index in [4.69, 9.17) is 0 Å². The third-order valence-corrected chi connectivity index (χ3v) is 5.36. The molecule has 0 saturated heterocycles. The smallest absolute Gasteiger partial charge is 0.181 e. The summed E-state index contributed by atoms with van der Waals surface area (Å²) in [4.78, 5) is 1.29. The molecule has 15 heavy (non-hydrogen) atoms. The SMILES string of the molecule is CSc1ccc(C)cc1S(=O)(=O)C(C)C. The van der Waals surface area contributed by atoms with Gasteiger partial charge in [-0.3, -0.25) is 0 Å². The van der Waals surface area contributed by atoms with Gasteiger partial charge in [-0.25, -0.2) is 8.42 Å². The van der Waals surface area contributed by atoms with Crippen molar-refractivity contribution in [3.8, 4) is 0 Å². The maximum atomic E-state index is 12.1. The summed E-state index contributed by atoms with van der Waals surface area (Å²) >= 11 is 1.47. The van der Waals surface area contributed by atoms with Crippen LogP contribution >= 0.6 is 11.8 Å². The molecule has 84 valence electrons. The Hall–Kier alpha value is -0.480. The van der Waals surface area contributed by atoms with Crippen molar-refractivity contribution in [2.24, 2.45) is 0 Å². The van der Waals surface area contributed by atoms with Crippen molar-refractivity contribution in [3.63, 3.8) is 0 Å². The van der Waals surface area contributed by atoms with Crippen molar-refractivity contribution in [1.82, 2.24) is 0 Å². The van der Waals surface area contributed by atoms with Gasteiger partial charge < -0.3 is 0 Å². The molecule has 0 aromatic heterocycles. The van der Waals surface area contributed by atoms with Crippen LogP contribution in [-0.4, -0.2) is 19.9 Å². The fourth-order valence-electron chi connectivity index (χ4n) is 1.26. The molecule has 1 rings (SSSR count). The molecule has 4 heteroatoms. The van der Waals surface area contributed by atoms with Gasteiger partial charge in [0.1, 0.15) is 0 Å². The highest BCUT2D eigenvalue weighted by Crippen LogP contribution is 2.28. The first-order chi connectivity index (χ1) is 6.89. The Labute approximate surface area is 96.0 Å². The summed E-state index contributed by atoms with van der Waals surface area (Å²) in [7, 11) is -3.16. The van der Waals surface area contributed by atoms with Crippen LogP contribution in [0.4, 0.5) is 0 Å². The van der Waals surface area contributed by atoms with Crippen molar-refractivity contribution >= 4 is 21.6 Å². The summed E-state index contributed by atoms with van der Waals surface area (Å²) in [5.74, 6) is 0. The Bertz CT molecular complexity index is 448. The van der Waals surface area contributed by atoms with Crippen molar-refractivity contribution in [3.05, 3.63) is 23.8 Å². The molecular formula is C11H16O2S2. The van der Waals surface area contributed by atoms with Crippen LogP contribution in [0.2, 0.25) is 0 Å². The lowest BCUT2D eigenvalue weighted by molar-refractivity contribution is 0.585. The third kappa shape index (κ3) is 2.55. The van der Waals surface area contributed by atoms with Gasteiger partial charge >= 0.3 is 0 Å². The lowest BCUT2D eigenvalue weighted by Crippen LogP contribution is -2.15. The molecule has 0 aliphatic heterocycles. The zero-order valence-electron chi connectivity index (χ0n) is 9.44. The number of hydrogen-bond donors (Lipinski definition) is 0. The van der Waals surface area contributed by atoms with E-state index in [9.17, 15) is 8.42 Å². The van der Waals surface area contributed by atoms with E-state index in [1.54, 1.807) is 19.9 Å². The molecule has 0 aliphatic rings. The molecule has 0 amide bonds. The summed E-state index contributed by atoms with van der Waals surface area (Å²) in [6.45, 7) is 5.33. The fraction of sp³-hybridized carbons (Fsp3) is 0.455. The molecule has 0 N–H and O–H groups in total. The van der Waals surface area contributed by atoms with Gasteiger partial charge in [-0.1, -0.05) is 6.07 Å². The molecule has 1 aromatic carbocycles. The zero-order chi connectivity index (χ0) is 11.6. The number of benzene rings is 1. The molecular weight excluding hydrogens is 228 g/mol. The van der Waals surface area contributed by atoms with Crippen molar-refractivity contribution in [2.75, 3.05) is 6.26 Å². The van der Waals surface area contributed by atoms with Gasteiger partial charge in [-0.15, -0.1) is 11.8 Å². The molecule has 0 spiro atoms. The number of hydrogen-bond acceptors (Lipinski definition) is 3. The van der Waals surface area contributed by atoms with Gasteiger partial charge in [-0.2, -0.15) is 0 Å². The van der Waals surface area contributed by atoms with Crippen LogP contribution in [0.1, 0.15) is 19.4 Å². The number of sulfone groups is 1. The van der Waals surface area contributed by atoms with Crippen LogP contribution in [0.3, 0.4) is 0 Å². The number of rotatable bonds is 3. The van der Waals surface area contributed by atoms with Crippen molar-refractivity contribution in [1.29, 1.82) is 0 Å². The summed E-state index contributed by atoms with van der Waals surface area (Å²) in [6.07, 6.45) is 1.89. The Kier molecular flexibility index (Phi) is 3.84. The third-order valence-electron chi connectivity index (χ3n) is 2.25. The fourth-order valence-corrected chi connectivity index (χ4v) is 3.53. The molecule has 0 unspecified atom stereocenters. The number of aryl methyl sites for hydroxylation is 1. The van der Waals surface area contributed by atoms with Gasteiger partial charge in [0.25, 0.3) is 0 Å². The van der Waals surface area contributed by atoms with E-state index in [-0.39, 0.29) is 5.25 Å². The van der Waals surface area contributed by atoms with Crippen molar-refractivity contribution < 1.29 is 8.42 Å². The Morgan fingerprint density at radius 1 is 1.27 bits per heavy atom. The average molecular weight is 244 g/mol. The van der Waals surface area contributed by atoms with Crippen LogP contribution in [0.25, 0.3) is 0 Å². The number of thioether (sulfide) groups is 1. The Morgan fingerprint density at radius 3 is 2.33 bits per heavy atom. The quantitative estimate of drug-likeness (QED) is 0.767. The lowest BCUT2D eigenvalue weighted by Gasteiger charge is -2.12. The largest absolute Gasteiger partial charge is 0.223 e. The van der Waals surface area contributed by atoms with Crippen molar-refractivity contribution in [2.45, 2.75) is 35.8 Å². The second-order valence-corrected chi connectivity index (χ2v) is 7.07. The second kappa shape index (κ2) is 4.58. The van der Waals surface area contributed by atoms with Crippen LogP contribution in [0, 0.1) is 6.92 Å². The van der Waals surface area contributed by atoms with E-state index >= 15 is 0 Å². The Balaban J connectivity index is 3.42. The molecule has 0 saturated carbocycles. The molecule has 0 aliphatic carbocycles.